The number of benzene rings is 2. The third kappa shape index (κ3) is 3.97. The molecule has 2 aromatic carbocycles. The van der Waals surface area contributed by atoms with Crippen LogP contribution in [-0.4, -0.2) is 56.2 Å². The molecule has 0 aliphatic carbocycles. The van der Waals surface area contributed by atoms with Crippen LogP contribution in [0.25, 0.3) is 10.9 Å². The molecule has 29 heavy (non-hydrogen) atoms. The van der Waals surface area contributed by atoms with Gasteiger partial charge < -0.3 is 19.3 Å². The molecular formula is C23H25N3O3. The van der Waals surface area contributed by atoms with Gasteiger partial charge in [-0.15, -0.1) is 0 Å². The molecule has 0 unspecified atom stereocenters. The van der Waals surface area contributed by atoms with E-state index in [2.05, 4.69) is 34.1 Å². The second-order valence-corrected chi connectivity index (χ2v) is 7.09. The lowest BCUT2D eigenvalue weighted by Crippen LogP contribution is -2.49. The fraction of sp³-hybridized carbons (Fsp3) is 0.304. The monoisotopic (exact) mass is 391 g/mol. The first kappa shape index (κ1) is 19.1. The zero-order chi connectivity index (χ0) is 20.2. The van der Waals surface area contributed by atoms with Gasteiger partial charge in [0.2, 0.25) is 5.91 Å². The molecule has 0 spiro atoms. The van der Waals surface area contributed by atoms with Gasteiger partial charge in [-0.2, -0.15) is 0 Å². The van der Waals surface area contributed by atoms with E-state index in [1.807, 2.05) is 35.4 Å². The van der Waals surface area contributed by atoms with E-state index in [0.29, 0.717) is 31.0 Å². The van der Waals surface area contributed by atoms with Crippen LogP contribution in [-0.2, 0) is 11.2 Å². The number of anilines is 1. The van der Waals surface area contributed by atoms with E-state index in [1.165, 1.54) is 0 Å². The number of carbonyl (C=O) groups excluding carboxylic acids is 1. The third-order valence-corrected chi connectivity index (χ3v) is 5.39. The first-order valence-electron chi connectivity index (χ1n) is 9.77. The molecule has 1 aromatic heterocycles. The summed E-state index contributed by atoms with van der Waals surface area (Å²) in [4.78, 5) is 21.6. The molecular weight excluding hydrogens is 366 g/mol. The molecule has 1 aliphatic rings. The number of hydrogen-bond donors (Lipinski definition) is 0. The maximum Gasteiger partial charge on any atom is 0.227 e. The van der Waals surface area contributed by atoms with Crippen LogP contribution < -0.4 is 14.4 Å². The Morgan fingerprint density at radius 3 is 2.48 bits per heavy atom. The second kappa shape index (κ2) is 8.39. The molecule has 6 heteroatoms. The van der Waals surface area contributed by atoms with Crippen molar-refractivity contribution in [2.75, 3.05) is 45.3 Å². The number of rotatable bonds is 5. The highest BCUT2D eigenvalue weighted by Gasteiger charge is 2.23. The molecule has 0 atom stereocenters. The molecule has 6 nitrogen and oxygen atoms in total. The summed E-state index contributed by atoms with van der Waals surface area (Å²) in [5, 5.41) is 1.14. The number of nitrogens with zero attached hydrogens (tertiary/aromatic N) is 3. The second-order valence-electron chi connectivity index (χ2n) is 7.09. The van der Waals surface area contributed by atoms with Crippen molar-refractivity contribution in [1.29, 1.82) is 0 Å². The lowest BCUT2D eigenvalue weighted by atomic mass is 10.1. The molecule has 1 fully saturated rings. The number of pyridine rings is 1. The quantitative estimate of drug-likeness (QED) is 0.669. The third-order valence-electron chi connectivity index (χ3n) is 5.39. The Bertz CT molecular complexity index is 1010. The van der Waals surface area contributed by atoms with E-state index >= 15 is 0 Å². The molecule has 1 saturated heterocycles. The van der Waals surface area contributed by atoms with E-state index in [-0.39, 0.29) is 5.91 Å². The molecule has 3 aromatic rings. The first-order valence-corrected chi connectivity index (χ1v) is 9.77. The van der Waals surface area contributed by atoms with Crippen molar-refractivity contribution in [3.05, 3.63) is 60.3 Å². The van der Waals surface area contributed by atoms with Crippen LogP contribution in [0.4, 0.5) is 5.69 Å². The molecule has 2 heterocycles. The lowest BCUT2D eigenvalue weighted by molar-refractivity contribution is -0.130. The molecule has 1 amide bonds. The Labute approximate surface area is 170 Å². The standard InChI is InChI=1S/C23H25N3O3/c1-28-20-9-8-17(15-21(20)29-2)16-22(27)26-13-11-25(12-14-26)19-7-3-5-18-6-4-10-24-23(18)19/h3-10,15H,11-14,16H2,1-2H3. The van der Waals surface area contributed by atoms with Gasteiger partial charge in [0.25, 0.3) is 0 Å². The van der Waals surface area contributed by atoms with Crippen molar-refractivity contribution in [2.45, 2.75) is 6.42 Å². The molecule has 0 radical (unpaired) electrons. The number of methoxy groups -OCH3 is 2. The van der Waals surface area contributed by atoms with Crippen LogP contribution in [0.3, 0.4) is 0 Å². The van der Waals surface area contributed by atoms with Gasteiger partial charge in [-0.3, -0.25) is 9.78 Å². The summed E-state index contributed by atoms with van der Waals surface area (Å²) < 4.78 is 10.6. The van der Waals surface area contributed by atoms with Crippen molar-refractivity contribution in [1.82, 2.24) is 9.88 Å². The summed E-state index contributed by atoms with van der Waals surface area (Å²) in [7, 11) is 3.21. The number of piperazine rings is 1. The van der Waals surface area contributed by atoms with E-state index in [4.69, 9.17) is 9.47 Å². The Morgan fingerprint density at radius 1 is 0.966 bits per heavy atom. The highest BCUT2D eigenvalue weighted by molar-refractivity contribution is 5.90. The van der Waals surface area contributed by atoms with Crippen LogP contribution >= 0.6 is 0 Å². The SMILES string of the molecule is COc1ccc(CC(=O)N2CCN(c3cccc4cccnc34)CC2)cc1OC. The smallest absolute Gasteiger partial charge is 0.227 e. The number of ether oxygens (including phenoxy) is 2. The van der Waals surface area contributed by atoms with E-state index in [0.717, 1.165) is 35.2 Å². The van der Waals surface area contributed by atoms with E-state index in [1.54, 1.807) is 14.2 Å². The number of hydrogen-bond acceptors (Lipinski definition) is 5. The highest BCUT2D eigenvalue weighted by atomic mass is 16.5. The lowest BCUT2D eigenvalue weighted by Gasteiger charge is -2.36. The van der Waals surface area contributed by atoms with Crippen molar-refractivity contribution >= 4 is 22.5 Å². The number of aromatic nitrogens is 1. The molecule has 150 valence electrons. The number of fused-ring (bicyclic) bond motifs is 1. The average Bonchev–Trinajstić information content (AvgIpc) is 2.78. The largest absolute Gasteiger partial charge is 0.493 e. The van der Waals surface area contributed by atoms with Crippen LogP contribution in [0, 0.1) is 0 Å². The summed E-state index contributed by atoms with van der Waals surface area (Å²) >= 11 is 0. The number of para-hydroxylation sites is 1. The topological polar surface area (TPSA) is 54.9 Å². The molecule has 1 aliphatic heterocycles. The predicted octanol–water partition coefficient (Wildman–Crippen LogP) is 3.14. The van der Waals surface area contributed by atoms with Crippen molar-refractivity contribution in [2.24, 2.45) is 0 Å². The first-order chi connectivity index (χ1) is 14.2. The van der Waals surface area contributed by atoms with Crippen LogP contribution in [0.2, 0.25) is 0 Å². The normalized spacial score (nSPS) is 14.1. The highest BCUT2D eigenvalue weighted by Crippen LogP contribution is 2.28. The summed E-state index contributed by atoms with van der Waals surface area (Å²) in [5.74, 6) is 1.44. The van der Waals surface area contributed by atoms with Gasteiger partial charge in [0.05, 0.1) is 31.8 Å². The minimum atomic E-state index is 0.132. The van der Waals surface area contributed by atoms with Gasteiger partial charge >= 0.3 is 0 Å². The summed E-state index contributed by atoms with van der Waals surface area (Å²) in [6, 6.07) is 15.9. The molecule has 0 N–H and O–H groups in total. The van der Waals surface area contributed by atoms with Gasteiger partial charge in [0.15, 0.2) is 11.5 Å². The summed E-state index contributed by atoms with van der Waals surface area (Å²) in [5.41, 5.74) is 3.07. The van der Waals surface area contributed by atoms with Gasteiger partial charge in [-0.05, 0) is 29.8 Å². The van der Waals surface area contributed by atoms with Crippen LogP contribution in [0.15, 0.2) is 54.7 Å². The van der Waals surface area contributed by atoms with Crippen molar-refractivity contribution in [3.8, 4) is 11.5 Å². The Morgan fingerprint density at radius 2 is 1.72 bits per heavy atom. The van der Waals surface area contributed by atoms with Gasteiger partial charge in [0, 0.05) is 37.8 Å². The predicted molar refractivity (Wildman–Crippen MR) is 114 cm³/mol. The summed E-state index contributed by atoms with van der Waals surface area (Å²) in [6.07, 6.45) is 2.19. The zero-order valence-electron chi connectivity index (χ0n) is 16.8. The van der Waals surface area contributed by atoms with Crippen molar-refractivity contribution in [3.63, 3.8) is 0 Å². The molecule has 0 bridgehead atoms. The van der Waals surface area contributed by atoms with Gasteiger partial charge in [-0.1, -0.05) is 24.3 Å². The van der Waals surface area contributed by atoms with E-state index in [9.17, 15) is 4.79 Å². The number of amides is 1. The number of carbonyl (C=O) groups is 1. The van der Waals surface area contributed by atoms with Gasteiger partial charge in [0.1, 0.15) is 0 Å². The maximum atomic E-state index is 12.8. The van der Waals surface area contributed by atoms with Gasteiger partial charge in [-0.25, -0.2) is 0 Å². The average molecular weight is 391 g/mol. The Hall–Kier alpha value is -3.28. The van der Waals surface area contributed by atoms with Crippen molar-refractivity contribution < 1.29 is 14.3 Å². The van der Waals surface area contributed by atoms with E-state index < -0.39 is 0 Å². The zero-order valence-corrected chi connectivity index (χ0v) is 16.8. The summed E-state index contributed by atoms with van der Waals surface area (Å²) in [6.45, 7) is 3.01. The molecule has 0 saturated carbocycles. The molecule has 4 rings (SSSR count). The Balaban J connectivity index is 1.41. The fourth-order valence-corrected chi connectivity index (χ4v) is 3.82. The minimum Gasteiger partial charge on any atom is -0.493 e. The van der Waals surface area contributed by atoms with Crippen LogP contribution in [0.5, 0.6) is 11.5 Å². The van der Waals surface area contributed by atoms with Crippen LogP contribution in [0.1, 0.15) is 5.56 Å². The minimum absolute atomic E-state index is 0.132. The maximum absolute atomic E-state index is 12.8. The Kier molecular flexibility index (Phi) is 5.51. The fourth-order valence-electron chi connectivity index (χ4n) is 3.82.